The molecule has 13 heavy (non-hydrogen) atoms. The van der Waals surface area contributed by atoms with Crippen molar-refractivity contribution < 1.29 is 0 Å². The summed E-state index contributed by atoms with van der Waals surface area (Å²) in [4.78, 5) is 4.68. The summed E-state index contributed by atoms with van der Waals surface area (Å²) < 4.78 is 4.08. The number of nitrogen functional groups attached to an aromatic ring is 1. The van der Waals surface area contributed by atoms with Crippen LogP contribution in [0.15, 0.2) is 6.07 Å². The molecule has 0 unspecified atom stereocenters. The van der Waals surface area contributed by atoms with Crippen LogP contribution < -0.4 is 10.6 Å². The summed E-state index contributed by atoms with van der Waals surface area (Å²) in [6.45, 7) is 4.41. The van der Waals surface area contributed by atoms with Gasteiger partial charge in [0.05, 0.1) is 0 Å². The summed E-state index contributed by atoms with van der Waals surface area (Å²) in [5.41, 5.74) is 5.57. The van der Waals surface area contributed by atoms with Gasteiger partial charge >= 0.3 is 0 Å². The monoisotopic (exact) mass is 198 g/mol. The Balaban J connectivity index is 2.02. The van der Waals surface area contributed by atoms with Gasteiger partial charge in [-0.25, -0.2) is 0 Å². The molecule has 1 aliphatic heterocycles. The summed E-state index contributed by atoms with van der Waals surface area (Å²) in [5, 5.41) is 1.20. The molecule has 1 aromatic rings. The number of hydrogen-bond donors (Lipinski definition) is 1. The van der Waals surface area contributed by atoms with Gasteiger partial charge in [0.2, 0.25) is 0 Å². The second kappa shape index (κ2) is 3.51. The van der Waals surface area contributed by atoms with Gasteiger partial charge in [-0.05, 0) is 18.6 Å². The van der Waals surface area contributed by atoms with E-state index in [1.165, 1.54) is 16.5 Å². The lowest BCUT2D eigenvalue weighted by Crippen LogP contribution is -2.44. The minimum atomic E-state index is 0.638. The fourth-order valence-electron chi connectivity index (χ4n) is 1.45. The van der Waals surface area contributed by atoms with Crippen molar-refractivity contribution in [1.82, 2.24) is 9.27 Å². The summed E-state index contributed by atoms with van der Waals surface area (Å²) in [7, 11) is 2.15. The molecular formula is C8H14N4S. The molecule has 1 aromatic heterocycles. The zero-order valence-corrected chi connectivity index (χ0v) is 8.55. The predicted octanol–water partition coefficient (Wildman–Crippen LogP) is 0.477. The van der Waals surface area contributed by atoms with E-state index in [-0.39, 0.29) is 0 Å². The third kappa shape index (κ3) is 1.92. The van der Waals surface area contributed by atoms with Crippen molar-refractivity contribution in [3.8, 4) is 0 Å². The van der Waals surface area contributed by atoms with E-state index in [9.17, 15) is 0 Å². The van der Waals surface area contributed by atoms with Gasteiger partial charge in [0.1, 0.15) is 10.8 Å². The van der Waals surface area contributed by atoms with Crippen LogP contribution in [0.5, 0.6) is 0 Å². The number of anilines is 2. The minimum absolute atomic E-state index is 0.638. The summed E-state index contributed by atoms with van der Waals surface area (Å²) in [5.74, 6) is 0.638. The molecule has 0 saturated carbocycles. The van der Waals surface area contributed by atoms with E-state index in [1.54, 1.807) is 0 Å². The van der Waals surface area contributed by atoms with Gasteiger partial charge in [-0.15, -0.1) is 0 Å². The lowest BCUT2D eigenvalue weighted by atomic mass is 10.3. The van der Waals surface area contributed by atoms with E-state index in [2.05, 4.69) is 21.2 Å². The lowest BCUT2D eigenvalue weighted by molar-refractivity contribution is 0.313. The van der Waals surface area contributed by atoms with Crippen LogP contribution in [0, 0.1) is 0 Å². The summed E-state index contributed by atoms with van der Waals surface area (Å²) >= 11 is 1.49. The van der Waals surface area contributed by atoms with Crippen LogP contribution in [-0.4, -0.2) is 42.5 Å². The highest BCUT2D eigenvalue weighted by atomic mass is 32.1. The third-order valence-corrected chi connectivity index (χ3v) is 3.20. The molecule has 0 amide bonds. The van der Waals surface area contributed by atoms with Crippen LogP contribution >= 0.6 is 11.5 Å². The molecular weight excluding hydrogens is 184 g/mol. The largest absolute Gasteiger partial charge is 0.383 e. The molecule has 0 aliphatic carbocycles. The van der Waals surface area contributed by atoms with E-state index in [0.717, 1.165) is 26.2 Å². The Morgan fingerprint density at radius 2 is 2.08 bits per heavy atom. The van der Waals surface area contributed by atoms with Crippen molar-refractivity contribution in [2.75, 3.05) is 43.9 Å². The number of nitrogens with two attached hydrogens (primary N) is 1. The first kappa shape index (κ1) is 8.77. The Bertz CT molecular complexity index is 277. The van der Waals surface area contributed by atoms with Crippen LogP contribution in [0.25, 0.3) is 0 Å². The highest BCUT2D eigenvalue weighted by molar-refractivity contribution is 7.10. The maximum absolute atomic E-state index is 5.57. The van der Waals surface area contributed by atoms with Crippen LogP contribution in [0.1, 0.15) is 0 Å². The van der Waals surface area contributed by atoms with Crippen molar-refractivity contribution in [1.29, 1.82) is 0 Å². The van der Waals surface area contributed by atoms with Gasteiger partial charge in [0, 0.05) is 32.2 Å². The smallest absolute Gasteiger partial charge is 0.139 e. The van der Waals surface area contributed by atoms with Crippen molar-refractivity contribution in [3.05, 3.63) is 6.07 Å². The highest BCUT2D eigenvalue weighted by Crippen LogP contribution is 2.23. The fraction of sp³-hybridized carbons (Fsp3) is 0.625. The van der Waals surface area contributed by atoms with E-state index < -0.39 is 0 Å². The molecule has 72 valence electrons. The molecule has 0 spiro atoms. The second-order valence-corrected chi connectivity index (χ2v) is 4.16. The first-order valence-electron chi connectivity index (χ1n) is 4.41. The molecule has 2 N–H and O–H groups in total. The Morgan fingerprint density at radius 3 is 2.62 bits per heavy atom. The van der Waals surface area contributed by atoms with Gasteiger partial charge in [-0.1, -0.05) is 0 Å². The second-order valence-electron chi connectivity index (χ2n) is 3.38. The molecule has 1 saturated heterocycles. The SMILES string of the molecule is CN1CCN(c2cc(N)ns2)CC1. The number of aromatic nitrogens is 1. The molecule has 2 rings (SSSR count). The Kier molecular flexibility index (Phi) is 2.37. The van der Waals surface area contributed by atoms with Gasteiger partial charge in [-0.3, -0.25) is 0 Å². The Morgan fingerprint density at radius 1 is 1.38 bits per heavy atom. The zero-order valence-electron chi connectivity index (χ0n) is 7.73. The van der Waals surface area contributed by atoms with Gasteiger partial charge < -0.3 is 15.5 Å². The van der Waals surface area contributed by atoms with E-state index >= 15 is 0 Å². The Labute approximate surface area is 82.1 Å². The first-order valence-corrected chi connectivity index (χ1v) is 5.19. The van der Waals surface area contributed by atoms with E-state index in [1.807, 2.05) is 6.07 Å². The molecule has 5 heteroatoms. The zero-order chi connectivity index (χ0) is 9.26. The van der Waals surface area contributed by atoms with Gasteiger partial charge in [-0.2, -0.15) is 4.37 Å². The molecule has 4 nitrogen and oxygen atoms in total. The molecule has 0 bridgehead atoms. The molecule has 0 radical (unpaired) electrons. The lowest BCUT2D eigenvalue weighted by Gasteiger charge is -2.32. The predicted molar refractivity (Wildman–Crippen MR) is 56.2 cm³/mol. The number of rotatable bonds is 1. The average molecular weight is 198 g/mol. The fourth-order valence-corrected chi connectivity index (χ4v) is 2.18. The average Bonchev–Trinajstić information content (AvgIpc) is 2.53. The summed E-state index contributed by atoms with van der Waals surface area (Å²) in [6, 6.07) is 1.95. The van der Waals surface area contributed by atoms with E-state index in [0.29, 0.717) is 5.82 Å². The number of hydrogen-bond acceptors (Lipinski definition) is 5. The maximum atomic E-state index is 5.57. The van der Waals surface area contributed by atoms with Crippen LogP contribution in [-0.2, 0) is 0 Å². The molecule has 2 heterocycles. The van der Waals surface area contributed by atoms with E-state index in [4.69, 9.17) is 5.73 Å². The van der Waals surface area contributed by atoms with Crippen molar-refractivity contribution >= 4 is 22.4 Å². The topological polar surface area (TPSA) is 45.4 Å². The maximum Gasteiger partial charge on any atom is 0.139 e. The number of likely N-dealkylation sites (N-methyl/N-ethyl adjacent to an activating group) is 1. The van der Waals surface area contributed by atoms with Crippen molar-refractivity contribution in [3.63, 3.8) is 0 Å². The summed E-state index contributed by atoms with van der Waals surface area (Å²) in [6.07, 6.45) is 0. The first-order chi connectivity index (χ1) is 6.25. The highest BCUT2D eigenvalue weighted by Gasteiger charge is 2.15. The third-order valence-electron chi connectivity index (χ3n) is 2.33. The van der Waals surface area contributed by atoms with Crippen LogP contribution in [0.3, 0.4) is 0 Å². The van der Waals surface area contributed by atoms with Crippen molar-refractivity contribution in [2.45, 2.75) is 0 Å². The van der Waals surface area contributed by atoms with Gasteiger partial charge in [0.15, 0.2) is 0 Å². The van der Waals surface area contributed by atoms with Gasteiger partial charge in [0.25, 0.3) is 0 Å². The van der Waals surface area contributed by atoms with Crippen LogP contribution in [0.4, 0.5) is 10.8 Å². The normalized spacial score (nSPS) is 19.3. The van der Waals surface area contributed by atoms with Crippen molar-refractivity contribution in [2.24, 2.45) is 0 Å². The van der Waals surface area contributed by atoms with Crippen LogP contribution in [0.2, 0.25) is 0 Å². The number of piperazine rings is 1. The standard InChI is InChI=1S/C8H14N4S/c1-11-2-4-12(5-3-11)8-6-7(9)10-13-8/h6H,2-5H2,1H3,(H2,9,10). The molecule has 0 aromatic carbocycles. The Hall–Kier alpha value is -0.810. The molecule has 1 aliphatic rings. The molecule has 0 atom stereocenters. The quantitative estimate of drug-likeness (QED) is 0.713. The number of nitrogens with zero attached hydrogens (tertiary/aromatic N) is 3. The minimum Gasteiger partial charge on any atom is -0.383 e. The molecule has 1 fully saturated rings.